The van der Waals surface area contributed by atoms with Crippen molar-refractivity contribution >= 4 is 39.9 Å². The molecule has 4 heteroatoms. The molecule has 0 radical (unpaired) electrons. The monoisotopic (exact) mass is 253 g/mol. The number of rotatable bonds is 1. The normalized spacial score (nSPS) is 10.8. The number of benzene rings is 1. The van der Waals surface area contributed by atoms with Gasteiger partial charge in [0, 0.05) is 5.39 Å². The molecule has 2 rings (SSSR count). The van der Waals surface area contributed by atoms with Crippen LogP contribution >= 0.6 is 23.2 Å². The van der Waals surface area contributed by atoms with Crippen LogP contribution in [0.2, 0.25) is 10.2 Å². The van der Waals surface area contributed by atoms with Gasteiger partial charge in [0.1, 0.15) is 5.15 Å². The van der Waals surface area contributed by atoms with E-state index in [4.69, 9.17) is 23.2 Å². The molecule has 0 amide bonds. The number of hydrogen-bond acceptors (Lipinski definition) is 2. The molecule has 0 aliphatic heterocycles. The van der Waals surface area contributed by atoms with Crippen molar-refractivity contribution in [1.82, 2.24) is 4.98 Å². The Morgan fingerprint density at radius 2 is 2.00 bits per heavy atom. The van der Waals surface area contributed by atoms with Crippen LogP contribution in [0.1, 0.15) is 22.8 Å². The zero-order valence-electron chi connectivity index (χ0n) is 8.84. The predicted molar refractivity (Wildman–Crippen MR) is 66.5 cm³/mol. The third kappa shape index (κ3) is 1.79. The number of fused-ring (bicyclic) bond motifs is 1. The molecule has 82 valence electrons. The average molecular weight is 254 g/mol. The molecule has 1 aromatic carbocycles. The fourth-order valence-corrected chi connectivity index (χ4v) is 2.07. The van der Waals surface area contributed by atoms with E-state index in [0.717, 1.165) is 16.5 Å². The van der Waals surface area contributed by atoms with Crippen LogP contribution in [0, 0.1) is 6.92 Å². The summed E-state index contributed by atoms with van der Waals surface area (Å²) in [6, 6.07) is 5.36. The number of aromatic nitrogens is 1. The third-order valence-corrected chi connectivity index (χ3v) is 3.08. The maximum Gasteiger partial charge on any atom is 0.162 e. The van der Waals surface area contributed by atoms with Crippen molar-refractivity contribution in [3.8, 4) is 0 Å². The minimum atomic E-state index is -0.114. The highest BCUT2D eigenvalue weighted by atomic mass is 35.5. The summed E-state index contributed by atoms with van der Waals surface area (Å²) in [5.41, 5.74) is 2.13. The van der Waals surface area contributed by atoms with Gasteiger partial charge in [-0.3, -0.25) is 4.79 Å². The Hall–Kier alpha value is -1.12. The molecule has 0 aliphatic rings. The van der Waals surface area contributed by atoms with Gasteiger partial charge in [-0.2, -0.15) is 0 Å². The first-order valence-electron chi connectivity index (χ1n) is 4.77. The minimum absolute atomic E-state index is 0.114. The molecule has 0 spiro atoms. The topological polar surface area (TPSA) is 30.0 Å². The van der Waals surface area contributed by atoms with Crippen molar-refractivity contribution in [2.75, 3.05) is 0 Å². The van der Waals surface area contributed by atoms with E-state index in [2.05, 4.69) is 4.98 Å². The van der Waals surface area contributed by atoms with E-state index in [0.29, 0.717) is 10.6 Å². The van der Waals surface area contributed by atoms with Gasteiger partial charge in [-0.1, -0.05) is 29.3 Å². The van der Waals surface area contributed by atoms with Crippen molar-refractivity contribution in [3.63, 3.8) is 0 Å². The van der Waals surface area contributed by atoms with Crippen molar-refractivity contribution < 1.29 is 4.79 Å². The zero-order valence-corrected chi connectivity index (χ0v) is 10.4. The van der Waals surface area contributed by atoms with Crippen LogP contribution in [0.5, 0.6) is 0 Å². The molecule has 1 aromatic heterocycles. The van der Waals surface area contributed by atoms with Crippen LogP contribution in [0.15, 0.2) is 18.2 Å². The Morgan fingerprint density at radius 1 is 1.31 bits per heavy atom. The quantitative estimate of drug-likeness (QED) is 0.567. The number of carbonyl (C=O) groups excluding carboxylic acids is 1. The summed E-state index contributed by atoms with van der Waals surface area (Å²) in [7, 11) is 0. The maximum absolute atomic E-state index is 11.3. The Labute approximate surface area is 103 Å². The van der Waals surface area contributed by atoms with Crippen molar-refractivity contribution in [3.05, 3.63) is 39.5 Å². The van der Waals surface area contributed by atoms with Gasteiger partial charge in [0.25, 0.3) is 0 Å². The molecule has 0 saturated carbocycles. The van der Waals surface area contributed by atoms with E-state index in [1.165, 1.54) is 6.92 Å². The van der Waals surface area contributed by atoms with Crippen molar-refractivity contribution in [1.29, 1.82) is 0 Å². The highest BCUT2D eigenvalue weighted by molar-refractivity contribution is 6.37. The van der Waals surface area contributed by atoms with Crippen molar-refractivity contribution in [2.24, 2.45) is 0 Å². The second-order valence-electron chi connectivity index (χ2n) is 3.64. The van der Waals surface area contributed by atoms with Crippen LogP contribution < -0.4 is 0 Å². The predicted octanol–water partition coefficient (Wildman–Crippen LogP) is 4.05. The molecule has 0 aliphatic carbocycles. The Bertz CT molecular complexity index is 593. The summed E-state index contributed by atoms with van der Waals surface area (Å²) < 4.78 is 0. The summed E-state index contributed by atoms with van der Waals surface area (Å²) in [4.78, 5) is 15.6. The highest BCUT2D eigenvalue weighted by Gasteiger charge is 2.11. The third-order valence-electron chi connectivity index (χ3n) is 2.47. The summed E-state index contributed by atoms with van der Waals surface area (Å²) >= 11 is 12.0. The lowest BCUT2D eigenvalue weighted by Crippen LogP contribution is -1.97. The fraction of sp³-hybridized carbons (Fsp3) is 0.167. The van der Waals surface area contributed by atoms with Crippen LogP contribution in [0.4, 0.5) is 0 Å². The van der Waals surface area contributed by atoms with Gasteiger partial charge in [0.05, 0.1) is 16.1 Å². The number of pyridine rings is 1. The molecule has 0 fully saturated rings. The molecule has 0 N–H and O–H groups in total. The van der Waals surface area contributed by atoms with E-state index in [-0.39, 0.29) is 10.9 Å². The summed E-state index contributed by atoms with van der Waals surface area (Å²) in [5, 5.41) is 1.56. The first-order chi connectivity index (χ1) is 7.50. The van der Waals surface area contributed by atoms with E-state index in [1.807, 2.05) is 13.0 Å². The van der Waals surface area contributed by atoms with E-state index >= 15 is 0 Å². The minimum Gasteiger partial charge on any atom is -0.294 e. The second kappa shape index (κ2) is 4.04. The number of aryl methyl sites for hydroxylation is 1. The summed E-state index contributed by atoms with van der Waals surface area (Å²) in [5.74, 6) is -0.114. The lowest BCUT2D eigenvalue weighted by molar-refractivity contribution is 0.101. The van der Waals surface area contributed by atoms with Gasteiger partial charge in [-0.15, -0.1) is 0 Å². The highest BCUT2D eigenvalue weighted by Crippen LogP contribution is 2.28. The lowest BCUT2D eigenvalue weighted by atomic mass is 10.1. The Kier molecular flexibility index (Phi) is 2.87. The smallest absolute Gasteiger partial charge is 0.162 e. The molecule has 0 saturated heterocycles. The molecule has 16 heavy (non-hydrogen) atoms. The van der Waals surface area contributed by atoms with Crippen LogP contribution in [-0.4, -0.2) is 10.8 Å². The fourth-order valence-electron chi connectivity index (χ4n) is 1.59. The first-order valence-corrected chi connectivity index (χ1v) is 5.52. The number of Topliss-reactive ketones (excluding diaryl/α,β-unsaturated/α-hetero) is 1. The molecule has 0 atom stereocenters. The molecule has 2 nitrogen and oxygen atoms in total. The largest absolute Gasteiger partial charge is 0.294 e. The number of hydrogen-bond donors (Lipinski definition) is 0. The average Bonchev–Trinajstić information content (AvgIpc) is 2.23. The molecule has 2 aromatic rings. The SMILES string of the molecule is CC(=O)c1cc2c(Cl)ccc(C)c2nc1Cl. The zero-order chi connectivity index (χ0) is 11.9. The number of ketones is 1. The van der Waals surface area contributed by atoms with E-state index in [1.54, 1.807) is 12.1 Å². The molecule has 1 heterocycles. The lowest BCUT2D eigenvalue weighted by Gasteiger charge is -2.06. The molecular weight excluding hydrogens is 245 g/mol. The summed E-state index contributed by atoms with van der Waals surface area (Å²) in [6.07, 6.45) is 0. The van der Waals surface area contributed by atoms with Crippen LogP contribution in [0.25, 0.3) is 10.9 Å². The van der Waals surface area contributed by atoms with Gasteiger partial charge in [0.15, 0.2) is 5.78 Å². The first kappa shape index (κ1) is 11.4. The number of halogens is 2. The summed E-state index contributed by atoms with van der Waals surface area (Å²) in [6.45, 7) is 3.38. The van der Waals surface area contributed by atoms with Gasteiger partial charge < -0.3 is 0 Å². The van der Waals surface area contributed by atoms with Gasteiger partial charge in [-0.25, -0.2) is 4.98 Å². The molecular formula is C12H9Cl2NO. The van der Waals surface area contributed by atoms with Crippen molar-refractivity contribution in [2.45, 2.75) is 13.8 Å². The van der Waals surface area contributed by atoms with Gasteiger partial charge >= 0.3 is 0 Å². The van der Waals surface area contributed by atoms with E-state index in [9.17, 15) is 4.79 Å². The van der Waals surface area contributed by atoms with Gasteiger partial charge in [-0.05, 0) is 31.5 Å². The molecule has 0 bridgehead atoms. The van der Waals surface area contributed by atoms with Gasteiger partial charge in [0.2, 0.25) is 0 Å². The van der Waals surface area contributed by atoms with Crippen LogP contribution in [0.3, 0.4) is 0 Å². The maximum atomic E-state index is 11.3. The van der Waals surface area contributed by atoms with E-state index < -0.39 is 0 Å². The van der Waals surface area contributed by atoms with Crippen LogP contribution in [-0.2, 0) is 0 Å². The number of carbonyl (C=O) groups is 1. The number of nitrogens with zero attached hydrogens (tertiary/aromatic N) is 1. The Morgan fingerprint density at radius 3 is 2.62 bits per heavy atom. The second-order valence-corrected chi connectivity index (χ2v) is 4.41. The standard InChI is InChI=1S/C12H9Cl2NO/c1-6-3-4-10(13)9-5-8(7(2)16)12(14)15-11(6)9/h3-5H,1-2H3. The molecule has 0 unspecified atom stereocenters. The Balaban J connectivity index is 2.89.